The fourth-order valence-electron chi connectivity index (χ4n) is 3.39. The number of phenolic OH excluding ortho intramolecular Hbond substituents is 1. The second kappa shape index (κ2) is 7.76. The third-order valence-corrected chi connectivity index (χ3v) is 5.54. The molecule has 2 amide bonds. The second-order valence-corrected chi connectivity index (χ2v) is 8.34. The van der Waals surface area contributed by atoms with Crippen LogP contribution in [0.25, 0.3) is 0 Å². The highest BCUT2D eigenvalue weighted by Gasteiger charge is 2.39. The van der Waals surface area contributed by atoms with E-state index in [1.165, 1.54) is 12.1 Å². The van der Waals surface area contributed by atoms with E-state index in [9.17, 15) is 19.1 Å². The number of benzene rings is 2. The van der Waals surface area contributed by atoms with E-state index in [0.29, 0.717) is 28.1 Å². The van der Waals surface area contributed by atoms with Crippen LogP contribution in [0.15, 0.2) is 36.5 Å². The molecular weight excluding hydrogens is 437 g/mol. The van der Waals surface area contributed by atoms with Crippen LogP contribution in [-0.2, 0) is 10.2 Å². The van der Waals surface area contributed by atoms with Crippen LogP contribution in [0.5, 0.6) is 5.75 Å². The summed E-state index contributed by atoms with van der Waals surface area (Å²) in [7, 11) is 0. The molecule has 0 fully saturated rings. The summed E-state index contributed by atoms with van der Waals surface area (Å²) < 4.78 is 14.4. The zero-order valence-electron chi connectivity index (χ0n) is 17.4. The highest BCUT2D eigenvalue weighted by Crippen LogP contribution is 2.34. The highest BCUT2D eigenvalue weighted by molar-refractivity contribution is 6.32. The number of aryl methyl sites for hydroxylation is 1. The molecule has 4 rings (SSSR count). The average molecular weight is 456 g/mol. The minimum atomic E-state index is -0.872. The van der Waals surface area contributed by atoms with Gasteiger partial charge in [0.1, 0.15) is 5.75 Å². The van der Waals surface area contributed by atoms with Gasteiger partial charge in [-0.25, -0.2) is 9.37 Å². The predicted molar refractivity (Wildman–Crippen MR) is 118 cm³/mol. The van der Waals surface area contributed by atoms with Crippen LogP contribution in [0.2, 0.25) is 5.02 Å². The Morgan fingerprint density at radius 1 is 1.12 bits per heavy atom. The summed E-state index contributed by atoms with van der Waals surface area (Å²) >= 11 is 5.99. The van der Waals surface area contributed by atoms with Gasteiger partial charge in [-0.1, -0.05) is 17.7 Å². The van der Waals surface area contributed by atoms with Gasteiger partial charge in [-0.05, 0) is 56.2 Å². The van der Waals surface area contributed by atoms with Crippen molar-refractivity contribution < 1.29 is 19.1 Å². The van der Waals surface area contributed by atoms with Gasteiger partial charge >= 0.3 is 0 Å². The summed E-state index contributed by atoms with van der Waals surface area (Å²) in [5.74, 6) is -1.64. The van der Waals surface area contributed by atoms with Crippen molar-refractivity contribution in [3.63, 3.8) is 0 Å². The van der Waals surface area contributed by atoms with Gasteiger partial charge in [-0.3, -0.25) is 14.9 Å². The number of imide groups is 1. The molecule has 2 heterocycles. The molecule has 1 aliphatic rings. The molecule has 4 N–H and O–H groups in total. The van der Waals surface area contributed by atoms with Crippen LogP contribution >= 0.6 is 11.6 Å². The molecule has 8 nitrogen and oxygen atoms in total. The molecule has 3 aromatic rings. The van der Waals surface area contributed by atoms with E-state index in [4.69, 9.17) is 11.6 Å². The minimum absolute atomic E-state index is 0.0269. The summed E-state index contributed by atoms with van der Waals surface area (Å²) in [4.78, 5) is 32.5. The number of hydrogen-bond donors (Lipinski definition) is 4. The van der Waals surface area contributed by atoms with Gasteiger partial charge in [0, 0.05) is 16.9 Å². The first-order valence-corrected chi connectivity index (χ1v) is 10.00. The molecule has 164 valence electrons. The first-order valence-electron chi connectivity index (χ1n) is 9.62. The van der Waals surface area contributed by atoms with Gasteiger partial charge in [0.25, 0.3) is 5.91 Å². The maximum absolute atomic E-state index is 14.4. The van der Waals surface area contributed by atoms with E-state index >= 15 is 0 Å². The Balaban J connectivity index is 1.63. The van der Waals surface area contributed by atoms with Crippen molar-refractivity contribution in [2.24, 2.45) is 0 Å². The van der Waals surface area contributed by atoms with Crippen molar-refractivity contribution in [3.8, 4) is 5.75 Å². The first-order chi connectivity index (χ1) is 15.1. The number of aromatic nitrogens is 2. The van der Waals surface area contributed by atoms with Gasteiger partial charge in [0.05, 0.1) is 16.6 Å². The molecule has 0 saturated heterocycles. The molecule has 0 unspecified atom stereocenters. The van der Waals surface area contributed by atoms with Gasteiger partial charge in [0.15, 0.2) is 11.6 Å². The molecule has 0 saturated carbocycles. The number of rotatable bonds is 4. The standard InChI is InChI=1S/C22H19ClFN5O3/c1-10-6-12(8-15(23)17(10)30)27-21-25-9-16(24)18(28-21)26-11-4-5-14-13(7-11)19(31)29-20(32)22(14,2)3/h4-9,30H,1-3H3,(H,29,31,32)(H2,25,26,27,28). The lowest BCUT2D eigenvalue weighted by Gasteiger charge is -2.30. The third-order valence-electron chi connectivity index (χ3n) is 5.25. The SMILES string of the molecule is Cc1cc(Nc2ncc(F)c(Nc3ccc4c(c3)C(=O)NC(=O)C4(C)C)n2)cc(Cl)c1O. The fraction of sp³-hybridized carbons (Fsp3) is 0.182. The van der Waals surface area contributed by atoms with Crippen molar-refractivity contribution in [2.75, 3.05) is 10.6 Å². The number of aromatic hydroxyl groups is 1. The molecule has 1 aromatic heterocycles. The number of halogens is 2. The van der Waals surface area contributed by atoms with Crippen LogP contribution in [0.1, 0.15) is 35.3 Å². The van der Waals surface area contributed by atoms with E-state index in [2.05, 4.69) is 25.9 Å². The minimum Gasteiger partial charge on any atom is -0.506 e. The molecule has 0 atom stereocenters. The van der Waals surface area contributed by atoms with Crippen molar-refractivity contribution >= 4 is 46.6 Å². The maximum atomic E-state index is 14.4. The summed E-state index contributed by atoms with van der Waals surface area (Å²) in [5.41, 5.74) is 1.51. The highest BCUT2D eigenvalue weighted by atomic mass is 35.5. The van der Waals surface area contributed by atoms with Gasteiger partial charge in [0.2, 0.25) is 11.9 Å². The molecule has 10 heteroatoms. The average Bonchev–Trinajstić information content (AvgIpc) is 2.73. The molecule has 2 aromatic carbocycles. The quantitative estimate of drug-likeness (QED) is 0.342. The molecule has 0 aliphatic carbocycles. The number of anilines is 4. The Morgan fingerprint density at radius 2 is 1.88 bits per heavy atom. The number of carbonyl (C=O) groups excluding carboxylic acids is 2. The van der Waals surface area contributed by atoms with Gasteiger partial charge in [-0.2, -0.15) is 4.98 Å². The molecule has 0 spiro atoms. The smallest absolute Gasteiger partial charge is 0.258 e. The fourth-order valence-corrected chi connectivity index (χ4v) is 3.66. The van der Waals surface area contributed by atoms with Crippen molar-refractivity contribution in [1.82, 2.24) is 15.3 Å². The summed E-state index contributed by atoms with van der Waals surface area (Å²) in [6.07, 6.45) is 0.999. The Bertz CT molecular complexity index is 1260. The summed E-state index contributed by atoms with van der Waals surface area (Å²) in [6.45, 7) is 5.13. The number of fused-ring (bicyclic) bond motifs is 1. The van der Waals surface area contributed by atoms with E-state index in [0.717, 1.165) is 6.20 Å². The summed E-state index contributed by atoms with van der Waals surface area (Å²) in [5, 5.41) is 18.0. The molecular formula is C22H19ClFN5O3. The van der Waals surface area contributed by atoms with E-state index < -0.39 is 17.1 Å². The molecule has 0 radical (unpaired) electrons. The van der Waals surface area contributed by atoms with Gasteiger partial charge < -0.3 is 15.7 Å². The molecule has 32 heavy (non-hydrogen) atoms. The predicted octanol–water partition coefficient (Wildman–Crippen LogP) is 4.32. The molecule has 1 aliphatic heterocycles. The Labute approximate surface area is 187 Å². The first kappa shape index (κ1) is 21.5. The zero-order valence-corrected chi connectivity index (χ0v) is 18.1. The number of carbonyl (C=O) groups is 2. The Hall–Kier alpha value is -3.72. The molecule has 0 bridgehead atoms. The third kappa shape index (κ3) is 3.82. The monoisotopic (exact) mass is 455 g/mol. The lowest BCUT2D eigenvalue weighted by Crippen LogP contribution is -2.48. The summed E-state index contributed by atoms with van der Waals surface area (Å²) in [6, 6.07) is 7.98. The lowest BCUT2D eigenvalue weighted by molar-refractivity contribution is -0.125. The Kier molecular flexibility index (Phi) is 5.21. The normalized spacial score (nSPS) is 14.5. The van der Waals surface area contributed by atoms with E-state index in [1.807, 2.05) is 0 Å². The van der Waals surface area contributed by atoms with E-state index in [1.54, 1.807) is 39.0 Å². The largest absolute Gasteiger partial charge is 0.506 e. The van der Waals surface area contributed by atoms with Crippen molar-refractivity contribution in [3.05, 3.63) is 64.1 Å². The lowest BCUT2D eigenvalue weighted by atomic mass is 9.78. The number of phenols is 1. The number of amides is 2. The maximum Gasteiger partial charge on any atom is 0.258 e. The number of nitrogens with zero attached hydrogens (tertiary/aromatic N) is 2. The zero-order chi connectivity index (χ0) is 23.2. The van der Waals surface area contributed by atoms with Gasteiger partial charge in [-0.15, -0.1) is 0 Å². The number of nitrogens with one attached hydrogen (secondary N) is 3. The Morgan fingerprint density at radius 3 is 2.59 bits per heavy atom. The topological polar surface area (TPSA) is 116 Å². The van der Waals surface area contributed by atoms with Crippen LogP contribution in [-0.4, -0.2) is 26.9 Å². The van der Waals surface area contributed by atoms with Crippen LogP contribution in [0, 0.1) is 12.7 Å². The van der Waals surface area contributed by atoms with Crippen molar-refractivity contribution in [1.29, 1.82) is 0 Å². The van der Waals surface area contributed by atoms with Crippen LogP contribution in [0.3, 0.4) is 0 Å². The number of hydrogen-bond acceptors (Lipinski definition) is 7. The second-order valence-electron chi connectivity index (χ2n) is 7.93. The van der Waals surface area contributed by atoms with Crippen LogP contribution < -0.4 is 16.0 Å². The van der Waals surface area contributed by atoms with Crippen molar-refractivity contribution in [2.45, 2.75) is 26.2 Å². The van der Waals surface area contributed by atoms with Crippen LogP contribution in [0.4, 0.5) is 27.5 Å². The van der Waals surface area contributed by atoms with E-state index in [-0.39, 0.29) is 28.4 Å².